The summed E-state index contributed by atoms with van der Waals surface area (Å²) >= 11 is 0. The van der Waals surface area contributed by atoms with Crippen LogP contribution in [-0.4, -0.2) is 18.0 Å². The Morgan fingerprint density at radius 1 is 1.24 bits per heavy atom. The number of amides is 1. The van der Waals surface area contributed by atoms with Gasteiger partial charge in [-0.25, -0.2) is 0 Å². The van der Waals surface area contributed by atoms with Crippen LogP contribution >= 0.6 is 0 Å². The Balaban J connectivity index is 2.56. The van der Waals surface area contributed by atoms with Crippen molar-refractivity contribution in [2.75, 3.05) is 0 Å². The highest BCUT2D eigenvalue weighted by molar-refractivity contribution is 5.79. The molecule has 100 valence electrons. The van der Waals surface area contributed by atoms with Gasteiger partial charge in [-0.1, -0.05) is 40.0 Å². The maximum Gasteiger partial charge on any atom is 0.224 e. The number of carbonyl (C=O) groups is 1. The summed E-state index contributed by atoms with van der Waals surface area (Å²) in [5, 5.41) is 3.13. The molecule has 1 aliphatic rings. The summed E-state index contributed by atoms with van der Waals surface area (Å²) in [5.74, 6) is 0.170. The lowest BCUT2D eigenvalue weighted by atomic mass is 9.87. The molecule has 1 fully saturated rings. The maximum atomic E-state index is 12.2. The second kappa shape index (κ2) is 5.85. The smallest absolute Gasteiger partial charge is 0.224 e. The van der Waals surface area contributed by atoms with E-state index in [1.165, 1.54) is 12.8 Å². The summed E-state index contributed by atoms with van der Waals surface area (Å²) in [6.45, 7) is 8.50. The van der Waals surface area contributed by atoms with Crippen molar-refractivity contribution in [3.8, 4) is 0 Å². The number of carbonyl (C=O) groups excluding carboxylic acids is 1. The van der Waals surface area contributed by atoms with E-state index in [1.807, 2.05) is 0 Å². The fourth-order valence-electron chi connectivity index (χ4n) is 2.20. The van der Waals surface area contributed by atoms with Crippen LogP contribution < -0.4 is 11.1 Å². The van der Waals surface area contributed by atoms with Crippen LogP contribution in [0.4, 0.5) is 0 Å². The van der Waals surface area contributed by atoms with Crippen molar-refractivity contribution in [3.63, 3.8) is 0 Å². The molecule has 17 heavy (non-hydrogen) atoms. The second-order valence-electron chi connectivity index (χ2n) is 6.50. The third kappa shape index (κ3) is 4.30. The molecule has 1 rings (SSSR count). The highest BCUT2D eigenvalue weighted by atomic mass is 16.2. The van der Waals surface area contributed by atoms with Crippen molar-refractivity contribution in [1.82, 2.24) is 5.32 Å². The topological polar surface area (TPSA) is 55.1 Å². The molecule has 3 atom stereocenters. The van der Waals surface area contributed by atoms with E-state index in [4.69, 9.17) is 5.73 Å². The van der Waals surface area contributed by atoms with Gasteiger partial charge in [-0.2, -0.15) is 0 Å². The van der Waals surface area contributed by atoms with Gasteiger partial charge in [0.15, 0.2) is 0 Å². The maximum absolute atomic E-state index is 12.2. The lowest BCUT2D eigenvalue weighted by Gasteiger charge is -2.30. The molecule has 0 bridgehead atoms. The molecule has 3 nitrogen and oxygen atoms in total. The van der Waals surface area contributed by atoms with Gasteiger partial charge in [0.05, 0.1) is 5.92 Å². The summed E-state index contributed by atoms with van der Waals surface area (Å²) in [5.41, 5.74) is 6.21. The van der Waals surface area contributed by atoms with Crippen molar-refractivity contribution < 1.29 is 4.79 Å². The molecule has 1 amide bonds. The Labute approximate surface area is 106 Å². The van der Waals surface area contributed by atoms with Crippen LogP contribution in [0.1, 0.15) is 59.8 Å². The van der Waals surface area contributed by atoms with E-state index >= 15 is 0 Å². The first-order chi connectivity index (χ1) is 7.82. The van der Waals surface area contributed by atoms with Crippen molar-refractivity contribution in [1.29, 1.82) is 0 Å². The third-order valence-corrected chi connectivity index (χ3v) is 4.06. The molecule has 0 aliphatic heterocycles. The van der Waals surface area contributed by atoms with E-state index in [1.54, 1.807) is 0 Å². The van der Waals surface area contributed by atoms with Crippen LogP contribution in [0.3, 0.4) is 0 Å². The molecular weight excluding hydrogens is 212 g/mol. The fraction of sp³-hybridized carbons (Fsp3) is 0.929. The van der Waals surface area contributed by atoms with Gasteiger partial charge in [-0.05, 0) is 25.2 Å². The lowest BCUT2D eigenvalue weighted by Crippen LogP contribution is -2.48. The number of nitrogens with one attached hydrogen (secondary N) is 1. The van der Waals surface area contributed by atoms with E-state index in [0.29, 0.717) is 0 Å². The van der Waals surface area contributed by atoms with Crippen molar-refractivity contribution >= 4 is 5.91 Å². The molecule has 0 saturated heterocycles. The number of rotatable bonds is 2. The van der Waals surface area contributed by atoms with Crippen molar-refractivity contribution in [2.45, 2.75) is 71.9 Å². The van der Waals surface area contributed by atoms with Crippen LogP contribution in [0.15, 0.2) is 0 Å². The van der Waals surface area contributed by atoms with Gasteiger partial charge < -0.3 is 11.1 Å². The Morgan fingerprint density at radius 3 is 2.41 bits per heavy atom. The van der Waals surface area contributed by atoms with Crippen molar-refractivity contribution in [2.24, 2.45) is 17.1 Å². The molecule has 1 aliphatic carbocycles. The summed E-state index contributed by atoms with van der Waals surface area (Å²) in [6, 6.07) is 0.232. The molecule has 1 saturated carbocycles. The standard InChI is InChI=1S/C14H28N2O/c1-10(14(2,3)4)16-13(17)11-8-6-5-7-9-12(11)15/h10-12H,5-9,15H2,1-4H3,(H,16,17). The van der Waals surface area contributed by atoms with Crippen LogP contribution in [0.5, 0.6) is 0 Å². The highest BCUT2D eigenvalue weighted by Crippen LogP contribution is 2.24. The zero-order valence-electron chi connectivity index (χ0n) is 11.8. The monoisotopic (exact) mass is 240 g/mol. The summed E-state index contributed by atoms with van der Waals surface area (Å²) < 4.78 is 0. The Hall–Kier alpha value is -0.570. The summed E-state index contributed by atoms with van der Waals surface area (Å²) in [6.07, 6.45) is 5.45. The number of nitrogens with two attached hydrogens (primary N) is 1. The van der Waals surface area contributed by atoms with E-state index in [9.17, 15) is 4.79 Å². The lowest BCUT2D eigenvalue weighted by molar-refractivity contribution is -0.127. The molecule has 3 heteroatoms. The quantitative estimate of drug-likeness (QED) is 0.728. The van der Waals surface area contributed by atoms with E-state index < -0.39 is 0 Å². The van der Waals surface area contributed by atoms with E-state index in [-0.39, 0.29) is 29.3 Å². The zero-order valence-corrected chi connectivity index (χ0v) is 11.8. The minimum atomic E-state index is 0.0160. The molecule has 0 aromatic rings. The Morgan fingerprint density at radius 2 is 1.82 bits per heavy atom. The average molecular weight is 240 g/mol. The van der Waals surface area contributed by atoms with E-state index in [2.05, 4.69) is 33.0 Å². The summed E-state index contributed by atoms with van der Waals surface area (Å²) in [7, 11) is 0. The molecule has 0 aromatic carbocycles. The molecule has 0 spiro atoms. The van der Waals surface area contributed by atoms with Gasteiger partial charge in [0.25, 0.3) is 0 Å². The van der Waals surface area contributed by atoms with Gasteiger partial charge in [0, 0.05) is 12.1 Å². The minimum Gasteiger partial charge on any atom is -0.353 e. The first-order valence-electron chi connectivity index (χ1n) is 6.88. The largest absolute Gasteiger partial charge is 0.353 e. The minimum absolute atomic E-state index is 0.0160. The molecule has 0 heterocycles. The predicted molar refractivity (Wildman–Crippen MR) is 71.6 cm³/mol. The van der Waals surface area contributed by atoms with Crippen LogP contribution in [-0.2, 0) is 4.79 Å². The van der Waals surface area contributed by atoms with Gasteiger partial charge in [-0.15, -0.1) is 0 Å². The summed E-state index contributed by atoms with van der Waals surface area (Å²) in [4.78, 5) is 12.2. The SMILES string of the molecule is CC(NC(=O)C1CCCCCC1N)C(C)(C)C. The third-order valence-electron chi connectivity index (χ3n) is 4.06. The predicted octanol–water partition coefficient (Wildman–Crippen LogP) is 2.44. The Kier molecular flexibility index (Phi) is 4.99. The normalized spacial score (nSPS) is 28.3. The molecule has 0 aromatic heterocycles. The second-order valence-corrected chi connectivity index (χ2v) is 6.50. The Bertz CT molecular complexity index is 257. The zero-order chi connectivity index (χ0) is 13.1. The fourth-order valence-corrected chi connectivity index (χ4v) is 2.20. The molecule has 3 unspecified atom stereocenters. The first kappa shape index (κ1) is 14.5. The van der Waals surface area contributed by atoms with Gasteiger partial charge in [0.2, 0.25) is 5.91 Å². The van der Waals surface area contributed by atoms with Crippen LogP contribution in [0, 0.1) is 11.3 Å². The molecule has 3 N–H and O–H groups in total. The van der Waals surface area contributed by atoms with Crippen LogP contribution in [0.25, 0.3) is 0 Å². The van der Waals surface area contributed by atoms with Crippen LogP contribution in [0.2, 0.25) is 0 Å². The van der Waals surface area contributed by atoms with Crippen molar-refractivity contribution in [3.05, 3.63) is 0 Å². The highest BCUT2D eigenvalue weighted by Gasteiger charge is 2.30. The van der Waals surface area contributed by atoms with Gasteiger partial charge >= 0.3 is 0 Å². The molecular formula is C14H28N2O. The number of hydrogen-bond acceptors (Lipinski definition) is 2. The number of hydrogen-bond donors (Lipinski definition) is 2. The molecule has 0 radical (unpaired) electrons. The van der Waals surface area contributed by atoms with Gasteiger partial charge in [0.1, 0.15) is 0 Å². The van der Waals surface area contributed by atoms with E-state index in [0.717, 1.165) is 19.3 Å². The average Bonchev–Trinajstić information content (AvgIpc) is 2.41. The van der Waals surface area contributed by atoms with Gasteiger partial charge in [-0.3, -0.25) is 4.79 Å². The first-order valence-corrected chi connectivity index (χ1v) is 6.88.